The first-order chi connectivity index (χ1) is 17.1. The van der Waals surface area contributed by atoms with E-state index in [9.17, 15) is 39.0 Å². The van der Waals surface area contributed by atoms with Crippen molar-refractivity contribution in [3.63, 3.8) is 0 Å². The zero-order valence-electron chi connectivity index (χ0n) is 20.3. The van der Waals surface area contributed by atoms with Gasteiger partial charge in [0.15, 0.2) is 12.0 Å². The summed E-state index contributed by atoms with van der Waals surface area (Å²) < 4.78 is 0. The zero-order valence-corrected chi connectivity index (χ0v) is 20.3. The van der Waals surface area contributed by atoms with E-state index in [1.54, 1.807) is 0 Å². The van der Waals surface area contributed by atoms with Crippen LogP contribution in [0.2, 0.25) is 0 Å². The molecule has 0 radical (unpaired) electrons. The lowest BCUT2D eigenvalue weighted by atomic mass is 10.1. The number of nitrogens with zero attached hydrogens (tertiary/aromatic N) is 1. The quantitative estimate of drug-likeness (QED) is 0.0457. The Hall–Kier alpha value is -3.99. The Bertz CT molecular complexity index is 860. The normalized spacial score (nSPS) is 14.7. The largest absolute Gasteiger partial charge is 0.481 e. The molecule has 0 saturated carbocycles. The summed E-state index contributed by atoms with van der Waals surface area (Å²) in [7, 11) is 0. The van der Waals surface area contributed by atoms with Crippen molar-refractivity contribution >= 4 is 41.6 Å². The van der Waals surface area contributed by atoms with E-state index in [2.05, 4.69) is 20.9 Å². The van der Waals surface area contributed by atoms with Crippen LogP contribution in [0.25, 0.3) is 0 Å². The minimum atomic E-state index is -1.70. The van der Waals surface area contributed by atoms with Gasteiger partial charge in [-0.25, -0.2) is 4.79 Å². The molecule has 0 heterocycles. The molecule has 17 heteroatoms. The number of hydrogen-bond acceptors (Lipinski definition) is 9. The molecule has 0 spiro atoms. The van der Waals surface area contributed by atoms with Gasteiger partial charge in [-0.1, -0.05) is 0 Å². The molecule has 0 aliphatic carbocycles. The highest BCUT2D eigenvalue weighted by Gasteiger charge is 2.32. The van der Waals surface area contributed by atoms with Crippen LogP contribution in [0.1, 0.15) is 45.4 Å². The maximum atomic E-state index is 12.9. The maximum Gasteiger partial charge on any atom is 0.328 e. The molecule has 5 unspecified atom stereocenters. The van der Waals surface area contributed by atoms with Crippen LogP contribution in [0.5, 0.6) is 0 Å². The number of carboxylic acid groups (broad SMARTS) is 3. The van der Waals surface area contributed by atoms with E-state index in [1.165, 1.54) is 0 Å². The molecule has 13 N–H and O–H groups in total. The van der Waals surface area contributed by atoms with Gasteiger partial charge in [0.05, 0.1) is 12.1 Å². The second-order valence-electron chi connectivity index (χ2n) is 8.11. The van der Waals surface area contributed by atoms with Gasteiger partial charge in [-0.15, -0.1) is 0 Å². The molecule has 0 aromatic carbocycles. The van der Waals surface area contributed by atoms with Gasteiger partial charge in [-0.05, 0) is 32.6 Å². The second kappa shape index (κ2) is 16.6. The highest BCUT2D eigenvalue weighted by Crippen LogP contribution is 2.06. The molecule has 0 bridgehead atoms. The summed E-state index contributed by atoms with van der Waals surface area (Å²) >= 11 is 0. The number of aliphatic hydroxyl groups is 1. The van der Waals surface area contributed by atoms with Crippen molar-refractivity contribution in [1.29, 1.82) is 0 Å². The van der Waals surface area contributed by atoms with Crippen LogP contribution >= 0.6 is 0 Å². The van der Waals surface area contributed by atoms with Crippen LogP contribution in [-0.2, 0) is 28.8 Å². The summed E-state index contributed by atoms with van der Waals surface area (Å²) in [5.74, 6) is -7.11. The Morgan fingerprint density at radius 2 is 1.27 bits per heavy atom. The van der Waals surface area contributed by atoms with Crippen LogP contribution in [-0.4, -0.2) is 98.8 Å². The third-order valence-corrected chi connectivity index (χ3v) is 4.91. The third kappa shape index (κ3) is 14.2. The van der Waals surface area contributed by atoms with Crippen molar-refractivity contribution in [3.8, 4) is 0 Å². The average Bonchev–Trinajstić information content (AvgIpc) is 2.78. The minimum Gasteiger partial charge on any atom is -0.481 e. The van der Waals surface area contributed by atoms with E-state index in [4.69, 9.17) is 27.4 Å². The molecule has 3 amide bonds. The zero-order chi connectivity index (χ0) is 28.7. The monoisotopic (exact) mass is 533 g/mol. The number of guanidine groups is 1. The Balaban J connectivity index is 5.67. The number of nitrogens with one attached hydrogen (secondary N) is 3. The summed E-state index contributed by atoms with van der Waals surface area (Å²) in [5, 5.41) is 43.2. The molecule has 37 heavy (non-hydrogen) atoms. The van der Waals surface area contributed by atoms with Crippen LogP contribution in [0, 0.1) is 0 Å². The topological polar surface area (TPSA) is 310 Å². The lowest BCUT2D eigenvalue weighted by Gasteiger charge is -2.25. The molecular formula is C20H35N7O10. The van der Waals surface area contributed by atoms with Gasteiger partial charge >= 0.3 is 17.9 Å². The smallest absolute Gasteiger partial charge is 0.328 e. The number of rotatable bonds is 18. The Labute approximate surface area is 211 Å². The van der Waals surface area contributed by atoms with Crippen LogP contribution in [0.3, 0.4) is 0 Å². The van der Waals surface area contributed by atoms with Crippen LogP contribution < -0.4 is 33.2 Å². The van der Waals surface area contributed by atoms with Gasteiger partial charge in [0, 0.05) is 19.4 Å². The summed E-state index contributed by atoms with van der Waals surface area (Å²) in [5.41, 5.74) is 16.1. The Morgan fingerprint density at radius 3 is 1.76 bits per heavy atom. The lowest BCUT2D eigenvalue weighted by Crippen LogP contribution is -2.58. The van der Waals surface area contributed by atoms with E-state index >= 15 is 0 Å². The van der Waals surface area contributed by atoms with Crippen molar-refractivity contribution in [2.45, 2.75) is 75.7 Å². The molecule has 0 aliphatic heterocycles. The first-order valence-electron chi connectivity index (χ1n) is 11.2. The van der Waals surface area contributed by atoms with E-state index in [0.717, 1.165) is 6.92 Å². The van der Waals surface area contributed by atoms with Crippen LogP contribution in [0.4, 0.5) is 0 Å². The average molecular weight is 534 g/mol. The van der Waals surface area contributed by atoms with Crippen molar-refractivity contribution in [3.05, 3.63) is 0 Å². The van der Waals surface area contributed by atoms with Gasteiger partial charge in [0.2, 0.25) is 17.7 Å². The molecular weight excluding hydrogens is 498 g/mol. The fourth-order valence-electron chi connectivity index (χ4n) is 2.91. The maximum absolute atomic E-state index is 12.9. The van der Waals surface area contributed by atoms with Gasteiger partial charge in [-0.2, -0.15) is 0 Å². The molecule has 210 valence electrons. The number of carboxylic acids is 3. The second-order valence-corrected chi connectivity index (χ2v) is 8.11. The van der Waals surface area contributed by atoms with E-state index in [1.807, 2.05) is 0 Å². The minimum absolute atomic E-state index is 0.0539. The number of carbonyl (C=O) groups is 6. The number of hydrogen-bond donors (Lipinski definition) is 10. The molecule has 0 aromatic rings. The van der Waals surface area contributed by atoms with Crippen LogP contribution in [0.15, 0.2) is 4.99 Å². The molecule has 0 rings (SSSR count). The predicted octanol–water partition coefficient (Wildman–Crippen LogP) is -3.98. The fourth-order valence-corrected chi connectivity index (χ4v) is 2.91. The number of nitrogens with two attached hydrogens (primary N) is 3. The van der Waals surface area contributed by atoms with Crippen molar-refractivity contribution < 1.29 is 49.2 Å². The number of carbonyl (C=O) groups excluding carboxylic acids is 3. The van der Waals surface area contributed by atoms with E-state index < -0.39 is 85.2 Å². The van der Waals surface area contributed by atoms with Gasteiger partial charge < -0.3 is 53.6 Å². The first kappa shape index (κ1) is 33.0. The first-order valence-corrected chi connectivity index (χ1v) is 11.2. The van der Waals surface area contributed by atoms with Gasteiger partial charge in [0.1, 0.15) is 12.1 Å². The number of aliphatic carboxylic acids is 3. The molecule has 17 nitrogen and oxygen atoms in total. The highest BCUT2D eigenvalue weighted by atomic mass is 16.4. The Morgan fingerprint density at radius 1 is 0.784 bits per heavy atom. The summed E-state index contributed by atoms with van der Waals surface area (Å²) in [4.78, 5) is 74.8. The predicted molar refractivity (Wildman–Crippen MR) is 127 cm³/mol. The molecule has 0 aliphatic rings. The SMILES string of the molecule is CC(O)C(NC(=O)C(CCCN=C(N)N)NC(=O)C(CCC(=O)O)NC(=O)C(N)CCC(=O)O)C(=O)O. The molecule has 0 fully saturated rings. The Kier molecular flexibility index (Phi) is 14.8. The lowest BCUT2D eigenvalue weighted by molar-refractivity contribution is -0.145. The van der Waals surface area contributed by atoms with Gasteiger partial charge in [-0.3, -0.25) is 29.0 Å². The standard InChI is InChI=1S/C20H35N7O10/c1-9(28)15(19(36)37)27-18(35)11(3-2-8-24-20(22)23)26-17(34)12(5-7-14(31)32)25-16(33)10(21)4-6-13(29)30/h9-12,15,28H,2-8,21H2,1H3,(H,25,33)(H,26,34)(H,27,35)(H,29,30)(H,31,32)(H,36,37)(H4,22,23,24). The summed E-state index contributed by atoms with van der Waals surface area (Å²) in [6.07, 6.45) is -3.05. The van der Waals surface area contributed by atoms with Gasteiger partial charge in [0.25, 0.3) is 0 Å². The third-order valence-electron chi connectivity index (χ3n) is 4.91. The summed E-state index contributed by atoms with van der Waals surface area (Å²) in [6, 6.07) is -5.86. The van der Waals surface area contributed by atoms with Crippen molar-refractivity contribution in [2.24, 2.45) is 22.2 Å². The molecule has 0 saturated heterocycles. The van der Waals surface area contributed by atoms with Crippen molar-refractivity contribution in [1.82, 2.24) is 16.0 Å². The fraction of sp³-hybridized carbons (Fsp3) is 0.650. The highest BCUT2D eigenvalue weighted by molar-refractivity contribution is 5.94. The van der Waals surface area contributed by atoms with E-state index in [0.29, 0.717) is 0 Å². The number of aliphatic imine (C=N–C) groups is 1. The summed E-state index contributed by atoms with van der Waals surface area (Å²) in [6.45, 7) is 1.19. The van der Waals surface area contributed by atoms with Crippen molar-refractivity contribution in [2.75, 3.05) is 6.54 Å². The van der Waals surface area contributed by atoms with E-state index in [-0.39, 0.29) is 31.8 Å². The number of amides is 3. The molecule has 0 aromatic heterocycles. The molecule has 5 atom stereocenters. The number of aliphatic hydroxyl groups excluding tert-OH is 1.